The van der Waals surface area contributed by atoms with Crippen LogP contribution in [0.15, 0.2) is 21.8 Å². The van der Waals surface area contributed by atoms with Gasteiger partial charge in [0.05, 0.1) is 6.20 Å². The van der Waals surface area contributed by atoms with Crippen molar-refractivity contribution < 1.29 is 24.0 Å². The molecule has 30 heavy (non-hydrogen) atoms. The number of amides is 2. The highest BCUT2D eigenvalue weighted by Crippen LogP contribution is 2.27. The number of hydrogen-bond acceptors (Lipinski definition) is 8. The van der Waals surface area contributed by atoms with Crippen molar-refractivity contribution in [2.24, 2.45) is 7.05 Å². The number of ether oxygens (including phenoxy) is 1. The van der Waals surface area contributed by atoms with Crippen LogP contribution in [-0.2, 0) is 11.8 Å². The minimum Gasteiger partial charge on any atom is -0.501 e. The minimum absolute atomic E-state index is 0.261. The molecule has 1 atom stereocenters. The molecule has 0 aromatic carbocycles. The van der Waals surface area contributed by atoms with E-state index in [1.807, 2.05) is 0 Å². The fourth-order valence-electron chi connectivity index (χ4n) is 3.27. The maximum absolute atomic E-state index is 12.5. The Morgan fingerprint density at radius 1 is 1.37 bits per heavy atom. The number of piperidine rings is 1. The summed E-state index contributed by atoms with van der Waals surface area (Å²) < 4.78 is 11.3. The van der Waals surface area contributed by atoms with Crippen molar-refractivity contribution in [1.82, 2.24) is 19.6 Å². The Hall–Kier alpha value is -3.37. The molecule has 3 rings (SSSR count). The predicted octanol–water partition coefficient (Wildman–Crippen LogP) is 1.84. The van der Waals surface area contributed by atoms with E-state index in [1.54, 1.807) is 25.7 Å². The van der Waals surface area contributed by atoms with Gasteiger partial charge in [-0.05, 0) is 33.6 Å². The van der Waals surface area contributed by atoms with Gasteiger partial charge < -0.3 is 24.6 Å². The molecule has 0 radical (unpaired) electrons. The topological polar surface area (TPSA) is 140 Å². The first kappa shape index (κ1) is 21.3. The maximum Gasteiger partial charge on any atom is 0.410 e. The van der Waals surface area contributed by atoms with Crippen molar-refractivity contribution in [1.29, 1.82) is 0 Å². The van der Waals surface area contributed by atoms with Crippen molar-refractivity contribution in [2.75, 3.05) is 18.4 Å². The van der Waals surface area contributed by atoms with E-state index in [-0.39, 0.29) is 18.2 Å². The Bertz CT molecular complexity index is 992. The van der Waals surface area contributed by atoms with Crippen LogP contribution in [0.2, 0.25) is 0 Å². The van der Waals surface area contributed by atoms with Gasteiger partial charge in [-0.1, -0.05) is 5.16 Å². The molecule has 11 heteroatoms. The molecule has 2 aromatic rings. The normalized spacial score (nSPS) is 16.9. The molecule has 0 aliphatic carbocycles. The molecular formula is C19H25N5O6. The zero-order valence-corrected chi connectivity index (χ0v) is 17.3. The SMILES string of the molecule is Cn1c(C2CCCN(C(=O)OC(C)(C)C)C2)nc(C(=O)Nc2cnoc2)c(O)c1=O. The second kappa shape index (κ2) is 8.17. The number of aromatic hydroxyl groups is 1. The number of nitrogens with zero attached hydrogens (tertiary/aromatic N) is 4. The van der Waals surface area contributed by atoms with Crippen LogP contribution in [0.25, 0.3) is 0 Å². The standard InChI is InChI=1S/C19H25N5O6/c1-19(2,3)30-18(28)24-7-5-6-11(9-24)15-22-13(14(25)17(27)23(15)4)16(26)21-12-8-20-29-10-12/h8,10-11,25H,5-7,9H2,1-4H3,(H,21,26). The zero-order valence-electron chi connectivity index (χ0n) is 17.3. The van der Waals surface area contributed by atoms with Crippen molar-refractivity contribution in [3.05, 3.63) is 34.3 Å². The van der Waals surface area contributed by atoms with E-state index in [9.17, 15) is 19.5 Å². The summed E-state index contributed by atoms with van der Waals surface area (Å²) in [5, 5.41) is 16.1. The van der Waals surface area contributed by atoms with Gasteiger partial charge in [0.25, 0.3) is 11.5 Å². The summed E-state index contributed by atoms with van der Waals surface area (Å²) in [6.07, 6.45) is 3.38. The van der Waals surface area contributed by atoms with E-state index < -0.39 is 34.6 Å². The molecule has 2 N–H and O–H groups in total. The quantitative estimate of drug-likeness (QED) is 0.768. The highest BCUT2D eigenvalue weighted by molar-refractivity contribution is 6.04. The maximum atomic E-state index is 12.5. The summed E-state index contributed by atoms with van der Waals surface area (Å²) in [6.45, 7) is 6.18. The number of carbonyl (C=O) groups is 2. The predicted molar refractivity (Wildman–Crippen MR) is 105 cm³/mol. The molecule has 1 unspecified atom stereocenters. The Balaban J connectivity index is 1.88. The van der Waals surface area contributed by atoms with Crippen LogP contribution in [-0.4, -0.2) is 55.4 Å². The molecule has 1 fully saturated rings. The number of rotatable bonds is 3. The van der Waals surface area contributed by atoms with E-state index in [4.69, 9.17) is 4.74 Å². The third-order valence-corrected chi connectivity index (χ3v) is 4.65. The van der Waals surface area contributed by atoms with Gasteiger partial charge in [0.15, 0.2) is 5.69 Å². The Morgan fingerprint density at radius 2 is 2.10 bits per heavy atom. The monoisotopic (exact) mass is 419 g/mol. The molecule has 1 aliphatic heterocycles. The van der Waals surface area contributed by atoms with E-state index in [0.29, 0.717) is 25.2 Å². The van der Waals surface area contributed by atoms with Crippen molar-refractivity contribution in [3.8, 4) is 5.75 Å². The molecule has 0 bridgehead atoms. The molecule has 0 spiro atoms. The largest absolute Gasteiger partial charge is 0.501 e. The summed E-state index contributed by atoms with van der Waals surface area (Å²) in [7, 11) is 1.47. The van der Waals surface area contributed by atoms with Crippen LogP contribution in [0.1, 0.15) is 55.8 Å². The summed E-state index contributed by atoms with van der Waals surface area (Å²) in [5.41, 5.74) is -1.51. The van der Waals surface area contributed by atoms with Crippen molar-refractivity contribution in [3.63, 3.8) is 0 Å². The van der Waals surface area contributed by atoms with E-state index >= 15 is 0 Å². The second-order valence-electron chi connectivity index (χ2n) is 8.16. The lowest BCUT2D eigenvalue weighted by molar-refractivity contribution is 0.0194. The first-order chi connectivity index (χ1) is 14.1. The highest BCUT2D eigenvalue weighted by atomic mass is 16.6. The van der Waals surface area contributed by atoms with Crippen LogP contribution >= 0.6 is 0 Å². The molecule has 0 saturated carbocycles. The Labute approximate surface area is 172 Å². The van der Waals surface area contributed by atoms with Gasteiger partial charge in [0.2, 0.25) is 5.75 Å². The van der Waals surface area contributed by atoms with Crippen LogP contribution < -0.4 is 10.9 Å². The van der Waals surface area contributed by atoms with Crippen LogP contribution in [0.3, 0.4) is 0 Å². The van der Waals surface area contributed by atoms with Crippen LogP contribution in [0, 0.1) is 0 Å². The first-order valence-electron chi connectivity index (χ1n) is 9.55. The molecule has 2 aromatic heterocycles. The molecule has 1 saturated heterocycles. The zero-order chi connectivity index (χ0) is 22.1. The number of carbonyl (C=O) groups excluding carboxylic acids is 2. The van der Waals surface area contributed by atoms with E-state index in [1.165, 1.54) is 24.1 Å². The summed E-state index contributed by atoms with van der Waals surface area (Å²) in [4.78, 5) is 43.3. The van der Waals surface area contributed by atoms with Gasteiger partial charge in [-0.3, -0.25) is 14.2 Å². The van der Waals surface area contributed by atoms with Crippen molar-refractivity contribution >= 4 is 17.7 Å². The fraction of sp³-hybridized carbons (Fsp3) is 0.526. The summed E-state index contributed by atoms with van der Waals surface area (Å²) in [5.74, 6) is -1.52. The van der Waals surface area contributed by atoms with E-state index in [2.05, 4.69) is 20.0 Å². The molecule has 2 amide bonds. The van der Waals surface area contributed by atoms with Gasteiger partial charge in [0, 0.05) is 26.1 Å². The van der Waals surface area contributed by atoms with Crippen molar-refractivity contribution in [2.45, 2.75) is 45.1 Å². The smallest absolute Gasteiger partial charge is 0.410 e. The number of likely N-dealkylation sites (tertiary alicyclic amines) is 1. The van der Waals surface area contributed by atoms with E-state index in [0.717, 1.165) is 0 Å². The van der Waals surface area contributed by atoms with Gasteiger partial charge in [-0.15, -0.1) is 0 Å². The minimum atomic E-state index is -0.769. The highest BCUT2D eigenvalue weighted by Gasteiger charge is 2.32. The summed E-state index contributed by atoms with van der Waals surface area (Å²) in [6, 6.07) is 0. The lowest BCUT2D eigenvalue weighted by atomic mass is 9.97. The lowest BCUT2D eigenvalue weighted by Crippen LogP contribution is -2.43. The Kier molecular flexibility index (Phi) is 5.81. The molecule has 1 aliphatic rings. The second-order valence-corrected chi connectivity index (χ2v) is 8.16. The van der Waals surface area contributed by atoms with Gasteiger partial charge in [-0.2, -0.15) is 0 Å². The van der Waals surface area contributed by atoms with Gasteiger partial charge >= 0.3 is 6.09 Å². The van der Waals surface area contributed by atoms with Gasteiger partial charge in [-0.25, -0.2) is 9.78 Å². The fourth-order valence-corrected chi connectivity index (χ4v) is 3.27. The number of anilines is 1. The number of nitrogens with one attached hydrogen (secondary N) is 1. The molecule has 3 heterocycles. The third-order valence-electron chi connectivity index (χ3n) is 4.65. The van der Waals surface area contributed by atoms with Crippen LogP contribution in [0.4, 0.5) is 10.5 Å². The lowest BCUT2D eigenvalue weighted by Gasteiger charge is -2.34. The summed E-state index contributed by atoms with van der Waals surface area (Å²) >= 11 is 0. The molecular weight excluding hydrogens is 394 g/mol. The number of hydrogen-bond donors (Lipinski definition) is 2. The van der Waals surface area contributed by atoms with Gasteiger partial charge in [0.1, 0.15) is 23.4 Å². The average molecular weight is 419 g/mol. The average Bonchev–Trinajstić information content (AvgIpc) is 3.18. The first-order valence-corrected chi connectivity index (χ1v) is 9.55. The molecule has 162 valence electrons. The third kappa shape index (κ3) is 4.61. The van der Waals surface area contributed by atoms with Crippen LogP contribution in [0.5, 0.6) is 5.75 Å². The molecule has 11 nitrogen and oxygen atoms in total. The number of aromatic nitrogens is 3. The Morgan fingerprint density at radius 3 is 2.73 bits per heavy atom.